The minimum absolute atomic E-state index is 0.394. The van der Waals surface area contributed by atoms with Gasteiger partial charge in [-0.1, -0.05) is 0 Å². The van der Waals surface area contributed by atoms with Gasteiger partial charge in [0.05, 0.1) is 25.2 Å². The number of methoxy groups -OCH3 is 1. The first-order chi connectivity index (χ1) is 7.60. The van der Waals surface area contributed by atoms with E-state index in [9.17, 15) is 0 Å². The molecule has 0 N–H and O–H groups in total. The molecule has 0 aliphatic heterocycles. The van der Waals surface area contributed by atoms with E-state index < -0.39 is 0 Å². The maximum absolute atomic E-state index is 8.93. The van der Waals surface area contributed by atoms with E-state index in [0.717, 1.165) is 0 Å². The number of rotatable bonds is 3. The zero-order valence-electron chi connectivity index (χ0n) is 9.23. The summed E-state index contributed by atoms with van der Waals surface area (Å²) in [5.41, 5.74) is 0.911. The topological polar surface area (TPSA) is 61.5 Å². The van der Waals surface area contributed by atoms with Crippen LogP contribution in [0, 0.1) is 11.3 Å². The van der Waals surface area contributed by atoms with Gasteiger partial charge in [0, 0.05) is 14.1 Å². The van der Waals surface area contributed by atoms with Crippen LogP contribution in [0.2, 0.25) is 0 Å². The van der Waals surface area contributed by atoms with Crippen molar-refractivity contribution < 1.29 is 4.74 Å². The number of hydrogen-bond donors (Lipinski definition) is 0. The van der Waals surface area contributed by atoms with Crippen molar-refractivity contribution in [1.82, 2.24) is 9.88 Å². The van der Waals surface area contributed by atoms with Crippen molar-refractivity contribution in [2.75, 3.05) is 21.2 Å². The lowest BCUT2D eigenvalue weighted by molar-refractivity contribution is 0.395. The fourth-order valence-electron chi connectivity index (χ4n) is 0.984. The van der Waals surface area contributed by atoms with Crippen LogP contribution in [0.1, 0.15) is 5.56 Å². The highest BCUT2D eigenvalue weighted by Crippen LogP contribution is 2.34. The second-order valence-electron chi connectivity index (χ2n) is 3.16. The van der Waals surface area contributed by atoms with E-state index >= 15 is 0 Å². The lowest BCUT2D eigenvalue weighted by Crippen LogP contribution is -2.07. The molecule has 1 aromatic heterocycles. The zero-order valence-corrected chi connectivity index (χ0v) is 10.8. The summed E-state index contributed by atoms with van der Waals surface area (Å²) in [5, 5.41) is 8.93. The lowest BCUT2D eigenvalue weighted by atomic mass is 10.2. The standard InChI is InChI=1S/C10H11BrN4O/c1-15(2)6-14-9-7(4-12)5-13-10(16-3)8(9)11/h5-6H,1-3H3. The first kappa shape index (κ1) is 12.5. The smallest absolute Gasteiger partial charge is 0.229 e. The van der Waals surface area contributed by atoms with Gasteiger partial charge in [-0.25, -0.2) is 9.98 Å². The predicted molar refractivity (Wildman–Crippen MR) is 65.0 cm³/mol. The Bertz CT molecular complexity index is 451. The largest absolute Gasteiger partial charge is 0.480 e. The third-order valence-electron chi connectivity index (χ3n) is 1.69. The second-order valence-corrected chi connectivity index (χ2v) is 3.96. The van der Waals surface area contributed by atoms with Gasteiger partial charge in [0.15, 0.2) is 0 Å². The van der Waals surface area contributed by atoms with Crippen LogP contribution in [0.4, 0.5) is 5.69 Å². The second kappa shape index (κ2) is 5.47. The molecular formula is C10H11BrN4O. The molecule has 0 aromatic carbocycles. The molecule has 0 aliphatic rings. The van der Waals surface area contributed by atoms with Crippen LogP contribution >= 0.6 is 15.9 Å². The summed E-state index contributed by atoms with van der Waals surface area (Å²) in [6.07, 6.45) is 3.05. The number of hydrogen-bond acceptors (Lipinski definition) is 4. The molecule has 0 fully saturated rings. The van der Waals surface area contributed by atoms with Gasteiger partial charge in [-0.15, -0.1) is 0 Å². The first-order valence-electron chi connectivity index (χ1n) is 4.43. The van der Waals surface area contributed by atoms with Crippen molar-refractivity contribution in [3.63, 3.8) is 0 Å². The first-order valence-corrected chi connectivity index (χ1v) is 5.22. The number of pyridine rings is 1. The Hall–Kier alpha value is -1.61. The van der Waals surface area contributed by atoms with Crippen molar-refractivity contribution in [2.45, 2.75) is 0 Å². The van der Waals surface area contributed by atoms with E-state index in [4.69, 9.17) is 10.00 Å². The van der Waals surface area contributed by atoms with Crippen LogP contribution in [0.15, 0.2) is 15.7 Å². The molecule has 0 saturated heterocycles. The van der Waals surface area contributed by atoms with Crippen LogP contribution in [0.3, 0.4) is 0 Å². The number of aromatic nitrogens is 1. The van der Waals surface area contributed by atoms with E-state index in [2.05, 4.69) is 25.9 Å². The molecule has 84 valence electrons. The zero-order chi connectivity index (χ0) is 12.1. The Kier molecular flexibility index (Phi) is 4.26. The third kappa shape index (κ3) is 2.70. The van der Waals surface area contributed by atoms with E-state index in [0.29, 0.717) is 21.6 Å². The van der Waals surface area contributed by atoms with Gasteiger partial charge < -0.3 is 9.64 Å². The maximum Gasteiger partial charge on any atom is 0.229 e. The Morgan fingerprint density at radius 1 is 1.62 bits per heavy atom. The summed E-state index contributed by atoms with van der Waals surface area (Å²) >= 11 is 3.31. The minimum atomic E-state index is 0.394. The fraction of sp³-hybridized carbons (Fsp3) is 0.300. The van der Waals surface area contributed by atoms with Gasteiger partial charge in [-0.3, -0.25) is 0 Å². The average molecular weight is 283 g/mol. The van der Waals surface area contributed by atoms with E-state index in [1.54, 1.807) is 11.2 Å². The van der Waals surface area contributed by atoms with Gasteiger partial charge in [-0.05, 0) is 15.9 Å². The highest BCUT2D eigenvalue weighted by atomic mass is 79.9. The van der Waals surface area contributed by atoms with Crippen LogP contribution in [0.25, 0.3) is 0 Å². The molecule has 0 unspecified atom stereocenters. The normalized spacial score (nSPS) is 10.2. The lowest BCUT2D eigenvalue weighted by Gasteiger charge is -2.07. The van der Waals surface area contributed by atoms with Crippen molar-refractivity contribution in [2.24, 2.45) is 4.99 Å². The van der Waals surface area contributed by atoms with E-state index in [-0.39, 0.29) is 0 Å². The quantitative estimate of drug-likeness (QED) is 0.628. The Labute approximate surface area is 103 Å². The number of nitriles is 1. The van der Waals surface area contributed by atoms with Crippen LogP contribution < -0.4 is 4.74 Å². The highest BCUT2D eigenvalue weighted by Gasteiger charge is 2.12. The third-order valence-corrected chi connectivity index (χ3v) is 2.41. The molecule has 0 amide bonds. The molecule has 0 aliphatic carbocycles. The minimum Gasteiger partial charge on any atom is -0.480 e. The molecule has 0 spiro atoms. The number of ether oxygens (including phenoxy) is 1. The Morgan fingerprint density at radius 3 is 2.81 bits per heavy atom. The molecule has 16 heavy (non-hydrogen) atoms. The molecule has 6 heteroatoms. The molecule has 0 atom stereocenters. The summed E-state index contributed by atoms with van der Waals surface area (Å²) in [6.45, 7) is 0. The average Bonchev–Trinajstić information content (AvgIpc) is 2.26. The van der Waals surface area contributed by atoms with Crippen LogP contribution in [0.5, 0.6) is 5.88 Å². The maximum atomic E-state index is 8.93. The van der Waals surface area contributed by atoms with Gasteiger partial charge in [0.1, 0.15) is 16.2 Å². The molecule has 0 saturated carbocycles. The molecule has 5 nitrogen and oxygen atoms in total. The Morgan fingerprint density at radius 2 is 2.31 bits per heavy atom. The Balaban J connectivity index is 3.28. The number of aliphatic imine (C=N–C) groups is 1. The van der Waals surface area contributed by atoms with Crippen molar-refractivity contribution >= 4 is 28.0 Å². The summed E-state index contributed by atoms with van der Waals surface area (Å²) in [6, 6.07) is 2.03. The molecule has 0 bridgehead atoms. The van der Waals surface area contributed by atoms with Crippen LogP contribution in [-0.2, 0) is 0 Å². The van der Waals surface area contributed by atoms with Crippen molar-refractivity contribution in [3.05, 3.63) is 16.2 Å². The molecule has 1 rings (SSSR count). The van der Waals surface area contributed by atoms with Crippen molar-refractivity contribution in [1.29, 1.82) is 5.26 Å². The van der Waals surface area contributed by atoms with E-state index in [1.807, 2.05) is 20.2 Å². The SMILES string of the molecule is COc1ncc(C#N)c(N=CN(C)C)c1Br. The highest BCUT2D eigenvalue weighted by molar-refractivity contribution is 9.10. The van der Waals surface area contributed by atoms with E-state index in [1.165, 1.54) is 13.3 Å². The fourth-order valence-corrected chi connectivity index (χ4v) is 1.56. The van der Waals surface area contributed by atoms with Gasteiger partial charge in [0.25, 0.3) is 0 Å². The van der Waals surface area contributed by atoms with Gasteiger partial charge in [0.2, 0.25) is 5.88 Å². The summed E-state index contributed by atoms with van der Waals surface area (Å²) in [5.74, 6) is 0.407. The van der Waals surface area contributed by atoms with Gasteiger partial charge in [-0.2, -0.15) is 5.26 Å². The number of nitrogens with zero attached hydrogens (tertiary/aromatic N) is 4. The van der Waals surface area contributed by atoms with Crippen molar-refractivity contribution in [3.8, 4) is 11.9 Å². The van der Waals surface area contributed by atoms with Crippen LogP contribution in [-0.4, -0.2) is 37.4 Å². The molecular weight excluding hydrogens is 272 g/mol. The van der Waals surface area contributed by atoms with Gasteiger partial charge >= 0.3 is 0 Å². The monoisotopic (exact) mass is 282 g/mol. The molecule has 1 aromatic rings. The summed E-state index contributed by atoms with van der Waals surface area (Å²) < 4.78 is 5.61. The summed E-state index contributed by atoms with van der Waals surface area (Å²) in [7, 11) is 5.21. The molecule has 1 heterocycles. The number of halogens is 1. The predicted octanol–water partition coefficient (Wildman–Crippen LogP) is 1.95. The summed E-state index contributed by atoms with van der Waals surface area (Å²) in [4.78, 5) is 9.95. The molecule has 0 radical (unpaired) electrons.